The quantitative estimate of drug-likeness (QED) is 0.756. The Bertz CT molecular complexity index is 273. The fourth-order valence-electron chi connectivity index (χ4n) is 2.10. The average molecular weight is 270 g/mol. The van der Waals surface area contributed by atoms with Crippen LogP contribution in [0.25, 0.3) is 0 Å². The number of hydrogen-bond donors (Lipinski definition) is 2. The zero-order valence-electron chi connectivity index (χ0n) is 9.41. The van der Waals surface area contributed by atoms with Crippen molar-refractivity contribution < 1.29 is 18.3 Å². The first kappa shape index (κ1) is 14.7. The second-order valence-corrected chi connectivity index (χ2v) is 4.80. The van der Waals surface area contributed by atoms with E-state index in [-0.39, 0.29) is 19.2 Å². The Hall–Kier alpha value is -0.400. The molecule has 1 aliphatic heterocycles. The third kappa shape index (κ3) is 4.08. The van der Waals surface area contributed by atoms with Crippen LogP contribution in [0.2, 0.25) is 0 Å². The maximum atomic E-state index is 12.7. The van der Waals surface area contributed by atoms with Gasteiger partial charge in [0.1, 0.15) is 5.92 Å². The molecule has 3 N–H and O–H groups in total. The Morgan fingerprint density at radius 2 is 2.12 bits per heavy atom. The maximum absolute atomic E-state index is 12.7. The predicted octanol–water partition coefficient (Wildman–Crippen LogP) is 1.30. The van der Waals surface area contributed by atoms with Gasteiger partial charge >= 0.3 is 6.18 Å². The molecule has 0 aromatic heterocycles. The van der Waals surface area contributed by atoms with Crippen molar-refractivity contribution in [2.75, 3.05) is 19.7 Å². The smallest absolute Gasteiger partial charge is 0.395 e. The summed E-state index contributed by atoms with van der Waals surface area (Å²) >= 11 is 4.48. The van der Waals surface area contributed by atoms with Crippen molar-refractivity contribution in [1.82, 2.24) is 4.90 Å². The largest absolute Gasteiger partial charge is 0.399 e. The van der Waals surface area contributed by atoms with Crippen LogP contribution >= 0.6 is 12.2 Å². The van der Waals surface area contributed by atoms with Crippen molar-refractivity contribution >= 4 is 17.2 Å². The lowest BCUT2D eigenvalue weighted by atomic mass is 10.00. The summed E-state index contributed by atoms with van der Waals surface area (Å²) in [5.41, 5.74) is 5.15. The fourth-order valence-corrected chi connectivity index (χ4v) is 2.30. The second kappa shape index (κ2) is 5.97. The normalized spacial score (nSPS) is 24.6. The molecule has 0 aliphatic carbocycles. The van der Waals surface area contributed by atoms with Crippen LogP contribution in [0.4, 0.5) is 13.2 Å². The minimum absolute atomic E-state index is 0.123. The summed E-state index contributed by atoms with van der Waals surface area (Å²) in [5, 5.41) is 9.13. The number of piperidine rings is 1. The minimum Gasteiger partial charge on any atom is -0.395 e. The average Bonchev–Trinajstić information content (AvgIpc) is 2.24. The highest BCUT2D eigenvalue weighted by molar-refractivity contribution is 7.80. The van der Waals surface area contributed by atoms with Crippen LogP contribution in [-0.2, 0) is 0 Å². The number of likely N-dealkylation sites (tertiary alicyclic amines) is 1. The van der Waals surface area contributed by atoms with E-state index in [9.17, 15) is 13.2 Å². The zero-order valence-corrected chi connectivity index (χ0v) is 10.2. The van der Waals surface area contributed by atoms with Crippen LogP contribution in [-0.4, -0.2) is 46.9 Å². The molecule has 17 heavy (non-hydrogen) atoms. The van der Waals surface area contributed by atoms with E-state index in [1.54, 1.807) is 4.90 Å². The molecule has 2 unspecified atom stereocenters. The Balaban J connectivity index is 2.68. The number of aliphatic hydroxyl groups excluding tert-OH is 1. The first-order valence-corrected chi connectivity index (χ1v) is 5.98. The molecule has 0 spiro atoms. The van der Waals surface area contributed by atoms with Gasteiger partial charge in [-0.15, -0.1) is 0 Å². The van der Waals surface area contributed by atoms with E-state index in [0.29, 0.717) is 6.54 Å². The van der Waals surface area contributed by atoms with Crippen molar-refractivity contribution in [2.45, 2.75) is 31.5 Å². The molecule has 1 rings (SSSR count). The SMILES string of the molecule is NC(=S)C(CN1CCCCC1CO)C(F)(F)F. The Kier molecular flexibility index (Phi) is 5.15. The zero-order chi connectivity index (χ0) is 13.1. The summed E-state index contributed by atoms with van der Waals surface area (Å²) in [7, 11) is 0. The second-order valence-electron chi connectivity index (χ2n) is 4.32. The summed E-state index contributed by atoms with van der Waals surface area (Å²) in [5.74, 6) is -1.79. The maximum Gasteiger partial charge on any atom is 0.399 e. The van der Waals surface area contributed by atoms with Gasteiger partial charge in [0, 0.05) is 12.6 Å². The number of thiocarbonyl (C=S) groups is 1. The lowest BCUT2D eigenvalue weighted by molar-refractivity contribution is -0.161. The highest BCUT2D eigenvalue weighted by Crippen LogP contribution is 2.29. The molecule has 1 saturated heterocycles. The molecule has 0 bridgehead atoms. The van der Waals surface area contributed by atoms with Gasteiger partial charge < -0.3 is 10.8 Å². The molecule has 0 amide bonds. The van der Waals surface area contributed by atoms with Gasteiger partial charge in [0.2, 0.25) is 0 Å². The van der Waals surface area contributed by atoms with Gasteiger partial charge in [0.05, 0.1) is 11.6 Å². The number of halogens is 3. The summed E-state index contributed by atoms with van der Waals surface area (Å²) in [6.07, 6.45) is -1.91. The molecule has 0 saturated carbocycles. The van der Waals surface area contributed by atoms with Crippen LogP contribution in [0.5, 0.6) is 0 Å². The van der Waals surface area contributed by atoms with Gasteiger partial charge in [-0.1, -0.05) is 18.6 Å². The van der Waals surface area contributed by atoms with E-state index in [0.717, 1.165) is 19.3 Å². The summed E-state index contributed by atoms with van der Waals surface area (Å²) in [4.78, 5) is 1.11. The van der Waals surface area contributed by atoms with Gasteiger partial charge in [-0.3, -0.25) is 4.90 Å². The lowest BCUT2D eigenvalue weighted by Gasteiger charge is -2.37. The Labute approximate surface area is 104 Å². The Morgan fingerprint density at radius 1 is 1.47 bits per heavy atom. The molecular weight excluding hydrogens is 253 g/mol. The molecule has 3 nitrogen and oxygen atoms in total. The molecule has 1 aliphatic rings. The van der Waals surface area contributed by atoms with Gasteiger partial charge in [-0.25, -0.2) is 0 Å². The molecule has 2 atom stereocenters. The lowest BCUT2D eigenvalue weighted by Crippen LogP contribution is -2.49. The fraction of sp³-hybridized carbons (Fsp3) is 0.900. The van der Waals surface area contributed by atoms with Gasteiger partial charge in [0.15, 0.2) is 0 Å². The van der Waals surface area contributed by atoms with Gasteiger partial charge in [0.25, 0.3) is 0 Å². The van der Waals surface area contributed by atoms with Crippen LogP contribution in [0, 0.1) is 5.92 Å². The molecule has 1 fully saturated rings. The Morgan fingerprint density at radius 3 is 2.59 bits per heavy atom. The molecule has 0 aromatic carbocycles. The van der Waals surface area contributed by atoms with E-state index < -0.39 is 17.1 Å². The van der Waals surface area contributed by atoms with Crippen molar-refractivity contribution in [1.29, 1.82) is 0 Å². The minimum atomic E-state index is -4.41. The van der Waals surface area contributed by atoms with E-state index >= 15 is 0 Å². The van der Waals surface area contributed by atoms with E-state index in [1.165, 1.54) is 0 Å². The number of aliphatic hydroxyl groups is 1. The van der Waals surface area contributed by atoms with Gasteiger partial charge in [-0.05, 0) is 19.4 Å². The number of nitrogens with zero attached hydrogens (tertiary/aromatic N) is 1. The summed E-state index contributed by atoms with van der Waals surface area (Å²) in [6, 6.07) is -0.206. The van der Waals surface area contributed by atoms with E-state index in [1.807, 2.05) is 0 Å². The highest BCUT2D eigenvalue weighted by Gasteiger charge is 2.43. The first-order valence-electron chi connectivity index (χ1n) is 5.57. The number of nitrogens with two attached hydrogens (primary N) is 1. The number of hydrogen-bond acceptors (Lipinski definition) is 3. The number of alkyl halides is 3. The third-order valence-electron chi connectivity index (χ3n) is 3.12. The first-order chi connectivity index (χ1) is 7.86. The standard InChI is InChI=1S/C10H17F3N2OS/c11-10(12,13)8(9(14)17)5-15-4-2-1-3-7(15)6-16/h7-8,16H,1-6H2,(H2,14,17). The van der Waals surface area contributed by atoms with Gasteiger partial charge in [-0.2, -0.15) is 13.2 Å². The van der Waals surface area contributed by atoms with Crippen molar-refractivity contribution in [3.8, 4) is 0 Å². The molecule has 0 radical (unpaired) electrons. The number of rotatable bonds is 4. The van der Waals surface area contributed by atoms with E-state index in [2.05, 4.69) is 12.2 Å². The van der Waals surface area contributed by atoms with E-state index in [4.69, 9.17) is 10.8 Å². The predicted molar refractivity (Wildman–Crippen MR) is 62.6 cm³/mol. The van der Waals surface area contributed by atoms with Crippen LogP contribution in [0.1, 0.15) is 19.3 Å². The van der Waals surface area contributed by atoms with Crippen LogP contribution in [0.15, 0.2) is 0 Å². The monoisotopic (exact) mass is 270 g/mol. The third-order valence-corrected chi connectivity index (χ3v) is 3.40. The van der Waals surface area contributed by atoms with Crippen molar-refractivity contribution in [2.24, 2.45) is 11.7 Å². The summed E-state index contributed by atoms with van der Waals surface area (Å²) < 4.78 is 38.1. The summed E-state index contributed by atoms with van der Waals surface area (Å²) in [6.45, 7) is 0.187. The molecular formula is C10H17F3N2OS. The van der Waals surface area contributed by atoms with Crippen LogP contribution < -0.4 is 5.73 Å². The van der Waals surface area contributed by atoms with Crippen molar-refractivity contribution in [3.63, 3.8) is 0 Å². The highest BCUT2D eigenvalue weighted by atomic mass is 32.1. The molecule has 7 heteroatoms. The molecule has 1 heterocycles. The van der Waals surface area contributed by atoms with Crippen LogP contribution in [0.3, 0.4) is 0 Å². The molecule has 0 aromatic rings. The van der Waals surface area contributed by atoms with Crippen molar-refractivity contribution in [3.05, 3.63) is 0 Å². The topological polar surface area (TPSA) is 49.5 Å². The molecule has 100 valence electrons.